The van der Waals surface area contributed by atoms with Crippen LogP contribution in [0.1, 0.15) is 27.7 Å². The minimum Gasteiger partial charge on any atom is -0.459 e. The third kappa shape index (κ3) is 5.08. The number of carbonyl (C=O) groups excluding carboxylic acids is 1. The second-order valence-electron chi connectivity index (χ2n) is 4.71. The molecule has 1 unspecified atom stereocenters. The molecular weight excluding hydrogens is 236 g/mol. The Balaban J connectivity index is 2.57. The Morgan fingerprint density at radius 3 is 2.59 bits per heavy atom. The number of rotatable bonds is 3. The summed E-state index contributed by atoms with van der Waals surface area (Å²) in [5.74, 6) is 0.249. The third-order valence-electron chi connectivity index (χ3n) is 1.81. The van der Waals surface area contributed by atoms with Crippen molar-refractivity contribution >= 4 is 23.5 Å². The number of thioether (sulfide) groups is 1. The van der Waals surface area contributed by atoms with Crippen molar-refractivity contribution in [3.63, 3.8) is 0 Å². The van der Waals surface area contributed by atoms with Crippen molar-refractivity contribution in [2.24, 2.45) is 0 Å². The monoisotopic (exact) mass is 254 g/mol. The molecule has 1 aromatic rings. The quantitative estimate of drug-likeness (QED) is 0.663. The topological polar surface area (TPSA) is 65.2 Å². The highest BCUT2D eigenvalue weighted by Gasteiger charge is 2.22. The maximum absolute atomic E-state index is 11.7. The molecule has 0 saturated heterocycles. The molecule has 5 heteroatoms. The van der Waals surface area contributed by atoms with Crippen LogP contribution >= 0.6 is 11.8 Å². The van der Waals surface area contributed by atoms with Crippen LogP contribution in [-0.2, 0) is 9.53 Å². The average molecular weight is 254 g/mol. The molecule has 0 aliphatic carbocycles. The Morgan fingerprint density at radius 1 is 1.47 bits per heavy atom. The third-order valence-corrected chi connectivity index (χ3v) is 2.87. The molecule has 0 aliphatic heterocycles. The minimum absolute atomic E-state index is 0.223. The van der Waals surface area contributed by atoms with Crippen molar-refractivity contribution in [2.75, 3.05) is 5.73 Å². The van der Waals surface area contributed by atoms with Crippen LogP contribution in [0.15, 0.2) is 23.2 Å². The van der Waals surface area contributed by atoms with Gasteiger partial charge in [-0.05, 0) is 39.8 Å². The summed E-state index contributed by atoms with van der Waals surface area (Å²) in [6.07, 6.45) is 1.65. The van der Waals surface area contributed by atoms with E-state index in [1.807, 2.05) is 33.8 Å². The number of hydrogen-bond acceptors (Lipinski definition) is 5. The van der Waals surface area contributed by atoms with Crippen molar-refractivity contribution in [1.29, 1.82) is 0 Å². The summed E-state index contributed by atoms with van der Waals surface area (Å²) in [7, 11) is 0. The fraction of sp³-hybridized carbons (Fsp3) is 0.500. The van der Waals surface area contributed by atoms with E-state index in [9.17, 15) is 4.79 Å². The molecule has 0 aromatic carbocycles. The van der Waals surface area contributed by atoms with Crippen LogP contribution in [0.4, 0.5) is 5.82 Å². The van der Waals surface area contributed by atoms with Crippen LogP contribution in [-0.4, -0.2) is 21.8 Å². The summed E-state index contributed by atoms with van der Waals surface area (Å²) in [5, 5.41) is -0.264. The van der Waals surface area contributed by atoms with Crippen LogP contribution in [0, 0.1) is 0 Å². The van der Waals surface area contributed by atoms with Gasteiger partial charge in [0, 0.05) is 11.1 Å². The molecule has 1 atom stereocenters. The van der Waals surface area contributed by atoms with Gasteiger partial charge >= 0.3 is 5.97 Å². The fourth-order valence-electron chi connectivity index (χ4n) is 1.10. The Morgan fingerprint density at radius 2 is 2.12 bits per heavy atom. The van der Waals surface area contributed by atoms with Gasteiger partial charge in [-0.3, -0.25) is 4.79 Å². The van der Waals surface area contributed by atoms with E-state index in [0.29, 0.717) is 5.82 Å². The Labute approximate surface area is 106 Å². The highest BCUT2D eigenvalue weighted by molar-refractivity contribution is 8.00. The molecule has 0 radical (unpaired) electrons. The molecule has 0 amide bonds. The smallest absolute Gasteiger partial charge is 0.319 e. The summed E-state index contributed by atoms with van der Waals surface area (Å²) < 4.78 is 5.29. The SMILES string of the molecule is CC(Sc1ccc(N)nc1)C(=O)OC(C)(C)C. The summed E-state index contributed by atoms with van der Waals surface area (Å²) in [6, 6.07) is 3.55. The molecule has 0 spiro atoms. The lowest BCUT2D eigenvalue weighted by Gasteiger charge is -2.21. The molecule has 1 rings (SSSR count). The average Bonchev–Trinajstić information content (AvgIpc) is 2.19. The predicted molar refractivity (Wildman–Crippen MR) is 69.8 cm³/mol. The second-order valence-corrected chi connectivity index (χ2v) is 6.13. The van der Waals surface area contributed by atoms with Gasteiger partial charge in [-0.25, -0.2) is 4.98 Å². The number of ether oxygens (including phenoxy) is 1. The summed E-state index contributed by atoms with van der Waals surface area (Å²) in [5.41, 5.74) is 5.04. The maximum Gasteiger partial charge on any atom is 0.319 e. The number of aromatic nitrogens is 1. The van der Waals surface area contributed by atoms with Crippen molar-refractivity contribution in [1.82, 2.24) is 4.98 Å². The number of pyridine rings is 1. The van der Waals surface area contributed by atoms with Gasteiger partial charge in [0.25, 0.3) is 0 Å². The molecule has 2 N–H and O–H groups in total. The lowest BCUT2D eigenvalue weighted by Crippen LogP contribution is -2.28. The first-order valence-corrected chi connectivity index (χ1v) is 6.27. The molecule has 0 fully saturated rings. The van der Waals surface area contributed by atoms with E-state index < -0.39 is 5.60 Å². The second kappa shape index (κ2) is 5.40. The first-order valence-electron chi connectivity index (χ1n) is 5.39. The molecule has 1 aromatic heterocycles. The van der Waals surface area contributed by atoms with Gasteiger partial charge in [-0.1, -0.05) is 0 Å². The zero-order chi connectivity index (χ0) is 13.1. The number of nitrogen functional groups attached to an aromatic ring is 1. The molecule has 0 saturated carbocycles. The van der Waals surface area contributed by atoms with Gasteiger partial charge in [0.05, 0.1) is 0 Å². The molecule has 0 bridgehead atoms. The lowest BCUT2D eigenvalue weighted by molar-refractivity contribution is -0.153. The number of carbonyl (C=O) groups is 1. The van der Waals surface area contributed by atoms with Crippen LogP contribution in [0.25, 0.3) is 0 Å². The zero-order valence-electron chi connectivity index (χ0n) is 10.6. The van der Waals surface area contributed by atoms with Crippen molar-refractivity contribution in [3.05, 3.63) is 18.3 Å². The van der Waals surface area contributed by atoms with Crippen LogP contribution in [0.3, 0.4) is 0 Å². The van der Waals surface area contributed by atoms with Gasteiger partial charge < -0.3 is 10.5 Å². The Bertz CT molecular complexity index is 384. The highest BCUT2D eigenvalue weighted by Crippen LogP contribution is 2.24. The molecular formula is C12H18N2O2S. The summed E-state index contributed by atoms with van der Waals surface area (Å²) >= 11 is 1.41. The van der Waals surface area contributed by atoms with Crippen LogP contribution in [0.2, 0.25) is 0 Å². The Hall–Kier alpha value is -1.23. The van der Waals surface area contributed by atoms with E-state index in [-0.39, 0.29) is 11.2 Å². The Kier molecular flexibility index (Phi) is 4.40. The molecule has 94 valence electrons. The zero-order valence-corrected chi connectivity index (χ0v) is 11.4. The van der Waals surface area contributed by atoms with Gasteiger partial charge in [-0.15, -0.1) is 11.8 Å². The molecule has 1 heterocycles. The number of nitrogens with two attached hydrogens (primary N) is 1. The van der Waals surface area contributed by atoms with Crippen LogP contribution < -0.4 is 5.73 Å². The maximum atomic E-state index is 11.7. The highest BCUT2D eigenvalue weighted by atomic mass is 32.2. The first-order chi connectivity index (χ1) is 7.78. The van der Waals surface area contributed by atoms with Crippen molar-refractivity contribution in [2.45, 2.75) is 43.4 Å². The number of hydrogen-bond donors (Lipinski definition) is 1. The first kappa shape index (κ1) is 13.8. The fourth-order valence-corrected chi connectivity index (χ4v) is 1.91. The largest absolute Gasteiger partial charge is 0.459 e. The number of nitrogens with zero attached hydrogens (tertiary/aromatic N) is 1. The van der Waals surface area contributed by atoms with E-state index in [0.717, 1.165) is 4.90 Å². The van der Waals surface area contributed by atoms with Gasteiger partial charge in [0.2, 0.25) is 0 Å². The molecule has 17 heavy (non-hydrogen) atoms. The number of esters is 1. The van der Waals surface area contributed by atoms with E-state index in [2.05, 4.69) is 4.98 Å². The minimum atomic E-state index is -0.453. The summed E-state index contributed by atoms with van der Waals surface area (Å²) in [6.45, 7) is 7.38. The van der Waals surface area contributed by atoms with Gasteiger partial charge in [0.1, 0.15) is 16.7 Å². The van der Waals surface area contributed by atoms with Crippen molar-refractivity contribution in [3.8, 4) is 0 Å². The van der Waals surface area contributed by atoms with Gasteiger partial charge in [-0.2, -0.15) is 0 Å². The van der Waals surface area contributed by atoms with Crippen molar-refractivity contribution < 1.29 is 9.53 Å². The van der Waals surface area contributed by atoms with E-state index in [1.165, 1.54) is 11.8 Å². The number of anilines is 1. The van der Waals surface area contributed by atoms with Gasteiger partial charge in [0.15, 0.2) is 0 Å². The van der Waals surface area contributed by atoms with E-state index in [4.69, 9.17) is 10.5 Å². The van der Waals surface area contributed by atoms with E-state index >= 15 is 0 Å². The lowest BCUT2D eigenvalue weighted by atomic mass is 10.2. The van der Waals surface area contributed by atoms with E-state index in [1.54, 1.807) is 12.3 Å². The van der Waals surface area contributed by atoms with Crippen LogP contribution in [0.5, 0.6) is 0 Å². The molecule has 0 aliphatic rings. The molecule has 4 nitrogen and oxygen atoms in total. The standard InChI is InChI=1S/C12H18N2O2S/c1-8(11(15)16-12(2,3)4)17-9-5-6-10(13)14-7-9/h5-8H,1-4H3,(H2,13,14). The predicted octanol–water partition coefficient (Wildman–Crippen LogP) is 2.49. The summed E-state index contributed by atoms with van der Waals surface area (Å²) in [4.78, 5) is 16.6. The normalized spacial score (nSPS) is 13.2.